The third-order valence-electron chi connectivity index (χ3n) is 5.13. The van der Waals surface area contributed by atoms with Crippen molar-refractivity contribution in [2.24, 2.45) is 0 Å². The number of phenolic OH excluding ortho intramolecular Hbond substituents is 1. The van der Waals surface area contributed by atoms with Crippen LogP contribution in [0.4, 0.5) is 0 Å². The van der Waals surface area contributed by atoms with Crippen LogP contribution in [0.3, 0.4) is 0 Å². The van der Waals surface area contributed by atoms with E-state index in [9.17, 15) is 9.90 Å². The number of aryl methyl sites for hydroxylation is 1. The molecule has 4 rings (SSSR count). The maximum atomic E-state index is 12.7. The van der Waals surface area contributed by atoms with Gasteiger partial charge in [0.25, 0.3) is 0 Å². The third-order valence-corrected chi connectivity index (χ3v) is 5.13. The fourth-order valence-corrected chi connectivity index (χ4v) is 3.49. The molecule has 4 aromatic rings. The van der Waals surface area contributed by atoms with Gasteiger partial charge >= 0.3 is 0 Å². The van der Waals surface area contributed by atoms with Crippen LogP contribution in [-0.2, 0) is 6.42 Å². The van der Waals surface area contributed by atoms with E-state index in [0.717, 1.165) is 12.0 Å². The molecule has 0 saturated heterocycles. The zero-order chi connectivity index (χ0) is 21.6. The van der Waals surface area contributed by atoms with E-state index in [1.165, 1.54) is 11.6 Å². The van der Waals surface area contributed by atoms with Crippen LogP contribution < -0.4 is 4.74 Å². The number of ketones is 1. The second kappa shape index (κ2) is 9.26. The second-order valence-corrected chi connectivity index (χ2v) is 7.21. The van der Waals surface area contributed by atoms with E-state index in [0.29, 0.717) is 35.5 Å². The van der Waals surface area contributed by atoms with E-state index in [2.05, 4.69) is 10.3 Å². The zero-order valence-corrected chi connectivity index (χ0v) is 17.2. The number of ether oxygens (including phenoxy) is 1. The molecule has 0 saturated carbocycles. The summed E-state index contributed by atoms with van der Waals surface area (Å²) in [7, 11) is 1.61. The van der Waals surface area contributed by atoms with Crippen molar-refractivity contribution >= 4 is 5.78 Å². The molecule has 31 heavy (non-hydrogen) atoms. The van der Waals surface area contributed by atoms with Crippen molar-refractivity contribution in [1.82, 2.24) is 15.0 Å². The van der Waals surface area contributed by atoms with Gasteiger partial charge in [0.2, 0.25) is 0 Å². The van der Waals surface area contributed by atoms with E-state index in [1.807, 2.05) is 54.6 Å². The number of nitrogens with zero attached hydrogens (tertiary/aromatic N) is 3. The van der Waals surface area contributed by atoms with Gasteiger partial charge in [0.15, 0.2) is 5.78 Å². The molecule has 0 aliphatic heterocycles. The van der Waals surface area contributed by atoms with Crippen molar-refractivity contribution in [1.29, 1.82) is 0 Å². The molecule has 0 unspecified atom stereocenters. The highest BCUT2D eigenvalue weighted by molar-refractivity contribution is 5.99. The number of aromatic nitrogens is 3. The standard InChI is InChI=1S/C25H23N3O3/c1-31-25-13-6-5-11-20(25)22-17-28(27-26-22)19-14-15-24(30)21(16-19)23(29)12-7-10-18-8-3-2-4-9-18/h2-6,8-9,11,13-17,30H,7,10,12H2,1H3. The fourth-order valence-electron chi connectivity index (χ4n) is 3.49. The van der Waals surface area contributed by atoms with Gasteiger partial charge in [-0.05, 0) is 48.7 Å². The van der Waals surface area contributed by atoms with Crippen molar-refractivity contribution in [3.05, 3.63) is 90.1 Å². The summed E-state index contributed by atoms with van der Waals surface area (Å²) < 4.78 is 6.98. The molecule has 0 radical (unpaired) electrons. The van der Waals surface area contributed by atoms with Gasteiger partial charge in [-0.3, -0.25) is 4.79 Å². The Labute approximate surface area is 180 Å². The summed E-state index contributed by atoms with van der Waals surface area (Å²) in [6, 6.07) is 22.5. The smallest absolute Gasteiger partial charge is 0.166 e. The predicted octanol–water partition coefficient (Wildman–Crippen LogP) is 4.85. The molecule has 1 aromatic heterocycles. The van der Waals surface area contributed by atoms with Crippen molar-refractivity contribution < 1.29 is 14.6 Å². The first-order valence-electron chi connectivity index (χ1n) is 10.1. The number of Topliss-reactive ketones (excluding diaryl/α,β-unsaturated/α-hetero) is 1. The van der Waals surface area contributed by atoms with Crippen LogP contribution in [0.2, 0.25) is 0 Å². The highest BCUT2D eigenvalue weighted by atomic mass is 16.5. The number of carbonyl (C=O) groups is 1. The van der Waals surface area contributed by atoms with Crippen molar-refractivity contribution in [2.45, 2.75) is 19.3 Å². The first-order chi connectivity index (χ1) is 15.2. The summed E-state index contributed by atoms with van der Waals surface area (Å²) >= 11 is 0. The van der Waals surface area contributed by atoms with Gasteiger partial charge in [-0.2, -0.15) is 0 Å². The Hall–Kier alpha value is -3.93. The van der Waals surface area contributed by atoms with Gasteiger partial charge in [-0.25, -0.2) is 4.68 Å². The SMILES string of the molecule is COc1ccccc1-c1cn(-c2ccc(O)c(C(=O)CCCc3ccccc3)c2)nn1. The minimum atomic E-state index is -0.0969. The molecule has 1 N–H and O–H groups in total. The first kappa shape index (κ1) is 20.3. The van der Waals surface area contributed by atoms with E-state index >= 15 is 0 Å². The van der Waals surface area contributed by atoms with Crippen molar-refractivity contribution in [3.63, 3.8) is 0 Å². The van der Waals surface area contributed by atoms with Gasteiger partial charge < -0.3 is 9.84 Å². The Bertz CT molecular complexity index is 1190. The lowest BCUT2D eigenvalue weighted by atomic mass is 10.0. The lowest BCUT2D eigenvalue weighted by Crippen LogP contribution is -2.03. The van der Waals surface area contributed by atoms with E-state index in [1.54, 1.807) is 30.1 Å². The maximum Gasteiger partial charge on any atom is 0.166 e. The van der Waals surface area contributed by atoms with Crippen LogP contribution in [0.5, 0.6) is 11.5 Å². The quantitative estimate of drug-likeness (QED) is 0.418. The molecule has 0 fully saturated rings. The molecule has 0 aliphatic rings. The number of rotatable bonds is 8. The van der Waals surface area contributed by atoms with Crippen LogP contribution >= 0.6 is 0 Å². The Balaban J connectivity index is 1.51. The van der Waals surface area contributed by atoms with E-state index in [-0.39, 0.29) is 11.5 Å². The van der Waals surface area contributed by atoms with E-state index in [4.69, 9.17) is 4.74 Å². The number of aromatic hydroxyl groups is 1. The summed E-state index contributed by atoms with van der Waals surface area (Å²) in [6.07, 6.45) is 3.66. The van der Waals surface area contributed by atoms with Crippen LogP contribution in [0.1, 0.15) is 28.8 Å². The molecule has 0 amide bonds. The average Bonchev–Trinajstić information content (AvgIpc) is 3.30. The molecular weight excluding hydrogens is 390 g/mol. The summed E-state index contributed by atoms with van der Waals surface area (Å²) in [5.41, 5.74) is 3.62. The first-order valence-corrected chi connectivity index (χ1v) is 10.1. The lowest BCUT2D eigenvalue weighted by Gasteiger charge is -2.07. The fraction of sp³-hybridized carbons (Fsp3) is 0.160. The Kier molecular flexibility index (Phi) is 6.08. The molecular formula is C25H23N3O3. The van der Waals surface area contributed by atoms with Gasteiger partial charge in [-0.15, -0.1) is 5.10 Å². The average molecular weight is 413 g/mol. The highest BCUT2D eigenvalue weighted by Crippen LogP contribution is 2.29. The third kappa shape index (κ3) is 4.64. The van der Waals surface area contributed by atoms with Crippen LogP contribution in [0, 0.1) is 0 Å². The minimum Gasteiger partial charge on any atom is -0.507 e. The van der Waals surface area contributed by atoms with Crippen LogP contribution in [0.25, 0.3) is 16.9 Å². The summed E-state index contributed by atoms with van der Waals surface area (Å²) in [4.78, 5) is 12.7. The van der Waals surface area contributed by atoms with Crippen molar-refractivity contribution in [3.8, 4) is 28.4 Å². The molecule has 6 heteroatoms. The van der Waals surface area contributed by atoms with E-state index < -0.39 is 0 Å². The summed E-state index contributed by atoms with van der Waals surface area (Å²) in [5.74, 6) is 0.577. The van der Waals surface area contributed by atoms with Gasteiger partial charge in [0, 0.05) is 12.0 Å². The predicted molar refractivity (Wildman–Crippen MR) is 119 cm³/mol. The van der Waals surface area contributed by atoms with Gasteiger partial charge in [0.1, 0.15) is 17.2 Å². The Morgan fingerprint density at radius 1 is 1.03 bits per heavy atom. The lowest BCUT2D eigenvalue weighted by molar-refractivity contribution is 0.0977. The monoisotopic (exact) mass is 413 g/mol. The molecule has 0 spiro atoms. The maximum absolute atomic E-state index is 12.7. The molecule has 0 atom stereocenters. The number of para-hydroxylation sites is 1. The number of phenols is 1. The molecule has 0 bridgehead atoms. The second-order valence-electron chi connectivity index (χ2n) is 7.21. The Morgan fingerprint density at radius 2 is 1.81 bits per heavy atom. The molecule has 1 heterocycles. The molecule has 0 aliphatic carbocycles. The topological polar surface area (TPSA) is 77.2 Å². The van der Waals surface area contributed by atoms with Gasteiger partial charge in [-0.1, -0.05) is 47.7 Å². The van der Waals surface area contributed by atoms with Crippen LogP contribution in [-0.4, -0.2) is 33.0 Å². The number of hydrogen-bond acceptors (Lipinski definition) is 5. The Morgan fingerprint density at radius 3 is 2.61 bits per heavy atom. The van der Waals surface area contributed by atoms with Crippen LogP contribution in [0.15, 0.2) is 79.0 Å². The molecule has 6 nitrogen and oxygen atoms in total. The number of methoxy groups -OCH3 is 1. The molecule has 3 aromatic carbocycles. The summed E-state index contributed by atoms with van der Waals surface area (Å²) in [6.45, 7) is 0. The zero-order valence-electron chi connectivity index (χ0n) is 17.2. The normalized spacial score (nSPS) is 10.7. The largest absolute Gasteiger partial charge is 0.507 e. The number of hydrogen-bond donors (Lipinski definition) is 1. The van der Waals surface area contributed by atoms with Crippen molar-refractivity contribution in [2.75, 3.05) is 7.11 Å². The highest BCUT2D eigenvalue weighted by Gasteiger charge is 2.15. The van der Waals surface area contributed by atoms with Gasteiger partial charge in [0.05, 0.1) is 24.6 Å². The number of carbonyl (C=O) groups excluding carboxylic acids is 1. The number of benzene rings is 3. The molecule has 156 valence electrons. The minimum absolute atomic E-state index is 0.0291. The summed E-state index contributed by atoms with van der Waals surface area (Å²) in [5, 5.41) is 18.7.